The van der Waals surface area contributed by atoms with Crippen molar-refractivity contribution in [2.45, 2.75) is 25.5 Å². The van der Waals surface area contributed by atoms with Gasteiger partial charge in [0, 0.05) is 17.7 Å². The summed E-state index contributed by atoms with van der Waals surface area (Å²) in [5.74, 6) is 0.805. The van der Waals surface area contributed by atoms with Crippen molar-refractivity contribution >= 4 is 84.8 Å². The van der Waals surface area contributed by atoms with Crippen LogP contribution in [0.4, 0.5) is 5.69 Å². The molecule has 6 aromatic rings. The minimum atomic E-state index is -0.489. The van der Waals surface area contributed by atoms with E-state index < -0.39 is 11.0 Å². The van der Waals surface area contributed by atoms with Crippen LogP contribution in [-0.4, -0.2) is 9.49 Å². The minimum Gasteiger partial charge on any atom is -0.487 e. The number of nitro groups is 1. The maximum Gasteiger partial charge on any atom is 0.271 e. The number of halogens is 2. The number of aryl methyl sites for hydroxylation is 1. The van der Waals surface area contributed by atoms with Crippen LogP contribution in [-0.2, 0) is 13.0 Å². The maximum atomic E-state index is 14.2. The van der Waals surface area contributed by atoms with Gasteiger partial charge in [-0.25, -0.2) is 4.99 Å². The molecule has 5 aromatic carbocycles. The zero-order valence-corrected chi connectivity index (χ0v) is 30.4. The number of thiazole rings is 1. The summed E-state index contributed by atoms with van der Waals surface area (Å²) >= 11 is 5.93. The monoisotopic (exact) mass is 873 g/mol. The number of hydrogen-bond donors (Lipinski definition) is 0. The molecule has 48 heavy (non-hydrogen) atoms. The molecule has 1 aliphatic carbocycles. The third kappa shape index (κ3) is 5.59. The Morgan fingerprint density at radius 3 is 2.52 bits per heavy atom. The molecular formula is C38H25I2N3O4S. The fourth-order valence-electron chi connectivity index (χ4n) is 6.65. The van der Waals surface area contributed by atoms with Crippen molar-refractivity contribution in [3.8, 4) is 5.75 Å². The van der Waals surface area contributed by atoms with E-state index in [4.69, 9.17) is 9.73 Å². The standard InChI is InChI=1S/C38H25I2N3O4S/c39-31-17-22(18-32(40)36(31)47-21-26-11-5-9-23-7-1-3-13-28(23)26)19-33-37(44)42-35(25-10-6-12-27(20-25)43(45)46)30-16-15-24-8-2-4-14-29(24)34(30)41-38(42)48-33/h1-14,17-20,35H,15-16,21H2/b33-19-/t35-/m0/s1. The molecule has 1 aliphatic heterocycles. The number of ether oxygens (including phenoxy) is 1. The highest BCUT2D eigenvalue weighted by molar-refractivity contribution is 14.1. The molecule has 0 bridgehead atoms. The number of hydrogen-bond acceptors (Lipinski definition) is 6. The van der Waals surface area contributed by atoms with Crippen molar-refractivity contribution in [2.75, 3.05) is 0 Å². The van der Waals surface area contributed by atoms with Gasteiger partial charge in [-0.2, -0.15) is 0 Å². The van der Waals surface area contributed by atoms with Crippen molar-refractivity contribution in [1.29, 1.82) is 0 Å². The van der Waals surface area contributed by atoms with Gasteiger partial charge in [0.1, 0.15) is 12.4 Å². The molecule has 0 saturated heterocycles. The summed E-state index contributed by atoms with van der Waals surface area (Å²) in [6, 6.07) is 32.9. The number of benzene rings is 5. The maximum absolute atomic E-state index is 14.2. The fourth-order valence-corrected chi connectivity index (χ4v) is 9.78. The summed E-state index contributed by atoms with van der Waals surface area (Å²) in [6.07, 6.45) is 3.43. The van der Waals surface area contributed by atoms with E-state index >= 15 is 0 Å². The summed E-state index contributed by atoms with van der Waals surface area (Å²) in [4.78, 5) is 31.2. The molecule has 0 amide bonds. The van der Waals surface area contributed by atoms with E-state index in [2.05, 4.69) is 87.6 Å². The Morgan fingerprint density at radius 2 is 1.69 bits per heavy atom. The predicted octanol–water partition coefficient (Wildman–Crippen LogP) is 8.17. The molecule has 10 heteroatoms. The molecule has 0 unspecified atom stereocenters. The van der Waals surface area contributed by atoms with E-state index in [-0.39, 0.29) is 11.2 Å². The summed E-state index contributed by atoms with van der Waals surface area (Å²) in [5, 5.41) is 14.1. The predicted molar refractivity (Wildman–Crippen MR) is 206 cm³/mol. The first-order chi connectivity index (χ1) is 23.4. The lowest BCUT2D eigenvalue weighted by molar-refractivity contribution is -0.384. The normalized spacial score (nSPS) is 15.5. The van der Waals surface area contributed by atoms with Crippen molar-refractivity contribution in [3.05, 3.63) is 173 Å². The van der Waals surface area contributed by atoms with Gasteiger partial charge < -0.3 is 4.74 Å². The second-order valence-electron chi connectivity index (χ2n) is 11.7. The number of non-ortho nitro benzene ring substituents is 1. The molecule has 0 fully saturated rings. The average Bonchev–Trinajstić information content (AvgIpc) is 3.40. The molecule has 0 saturated carbocycles. The Balaban J connectivity index is 1.20. The van der Waals surface area contributed by atoms with Crippen LogP contribution >= 0.6 is 56.5 Å². The number of aromatic nitrogens is 1. The van der Waals surface area contributed by atoms with Crippen molar-refractivity contribution in [2.24, 2.45) is 4.99 Å². The fraction of sp³-hybridized carbons (Fsp3) is 0.105. The molecule has 0 spiro atoms. The van der Waals surface area contributed by atoms with Crippen molar-refractivity contribution in [3.63, 3.8) is 0 Å². The number of nitro benzene ring substituents is 1. The van der Waals surface area contributed by atoms with E-state index in [0.29, 0.717) is 27.9 Å². The van der Waals surface area contributed by atoms with E-state index in [9.17, 15) is 14.9 Å². The summed E-state index contributed by atoms with van der Waals surface area (Å²) < 4.78 is 10.5. The SMILES string of the molecule is O=c1/c(=C/c2cc(I)c(OCc3cccc4ccccc34)c(I)c2)sc2n1[C@@H](c1cccc([N+](=O)[O-])c1)C1=C(N=2)c2ccccc2CC1. The largest absolute Gasteiger partial charge is 0.487 e. The van der Waals surface area contributed by atoms with Gasteiger partial charge in [0.25, 0.3) is 11.2 Å². The van der Waals surface area contributed by atoms with Crippen LogP contribution in [0.3, 0.4) is 0 Å². The topological polar surface area (TPSA) is 86.7 Å². The lowest BCUT2D eigenvalue weighted by Crippen LogP contribution is -2.38. The molecule has 2 heterocycles. The molecule has 1 atom stereocenters. The summed E-state index contributed by atoms with van der Waals surface area (Å²) in [6.45, 7) is 0.441. The number of nitrogens with zero attached hydrogens (tertiary/aromatic N) is 3. The Kier molecular flexibility index (Phi) is 8.25. The highest BCUT2D eigenvalue weighted by Gasteiger charge is 2.33. The van der Waals surface area contributed by atoms with E-state index in [0.717, 1.165) is 47.3 Å². The summed E-state index contributed by atoms with van der Waals surface area (Å²) in [5.41, 5.74) is 6.66. The number of fused-ring (bicyclic) bond motifs is 4. The zero-order chi connectivity index (χ0) is 32.9. The second kappa shape index (κ2) is 12.7. The van der Waals surface area contributed by atoms with Gasteiger partial charge in [0.05, 0.1) is 28.3 Å². The van der Waals surface area contributed by atoms with Crippen molar-refractivity contribution in [1.82, 2.24) is 4.57 Å². The molecular weight excluding hydrogens is 848 g/mol. The third-order valence-corrected chi connectivity index (χ3v) is 11.4. The van der Waals surface area contributed by atoms with Gasteiger partial charge >= 0.3 is 0 Å². The van der Waals surface area contributed by atoms with Crippen LogP contribution in [0, 0.1) is 17.3 Å². The van der Waals surface area contributed by atoms with Crippen LogP contribution in [0.1, 0.15) is 40.3 Å². The first kappa shape index (κ1) is 31.1. The minimum absolute atomic E-state index is 0.00287. The Bertz CT molecular complexity index is 2490. The number of allylic oxidation sites excluding steroid dienone is 1. The van der Waals surface area contributed by atoms with Gasteiger partial charge in [0.2, 0.25) is 0 Å². The van der Waals surface area contributed by atoms with E-state index in [1.54, 1.807) is 16.7 Å². The molecule has 7 nitrogen and oxygen atoms in total. The quantitative estimate of drug-likeness (QED) is 0.0961. The first-order valence-electron chi connectivity index (χ1n) is 15.3. The number of rotatable bonds is 6. The molecule has 8 rings (SSSR count). The Labute approximate surface area is 306 Å². The van der Waals surface area contributed by atoms with Crippen molar-refractivity contribution < 1.29 is 9.66 Å². The van der Waals surface area contributed by atoms with Gasteiger partial charge in [-0.05, 0) is 115 Å². The summed E-state index contributed by atoms with van der Waals surface area (Å²) in [7, 11) is 0. The third-order valence-electron chi connectivity index (χ3n) is 8.84. The van der Waals surface area contributed by atoms with Gasteiger partial charge in [-0.3, -0.25) is 19.5 Å². The lowest BCUT2D eigenvalue weighted by Gasteiger charge is -2.30. The van der Waals surface area contributed by atoms with Gasteiger partial charge in [-0.1, -0.05) is 90.2 Å². The molecule has 1 aromatic heterocycles. The molecule has 2 aliphatic rings. The first-order valence-corrected chi connectivity index (χ1v) is 18.3. The van der Waals surface area contributed by atoms with Crippen LogP contribution < -0.4 is 19.6 Å². The van der Waals surface area contributed by atoms with Crippen LogP contribution in [0.25, 0.3) is 22.5 Å². The highest BCUT2D eigenvalue weighted by atomic mass is 127. The molecule has 236 valence electrons. The zero-order valence-electron chi connectivity index (χ0n) is 25.2. The van der Waals surface area contributed by atoms with E-state index in [1.165, 1.54) is 33.7 Å². The van der Waals surface area contributed by atoms with Gasteiger partial charge in [-0.15, -0.1) is 0 Å². The Hall–Kier alpha value is -4.14. The molecule has 0 radical (unpaired) electrons. The second-order valence-corrected chi connectivity index (χ2v) is 15.0. The smallest absolute Gasteiger partial charge is 0.271 e. The molecule has 0 N–H and O–H groups in total. The van der Waals surface area contributed by atoms with Crippen LogP contribution in [0.5, 0.6) is 5.75 Å². The van der Waals surface area contributed by atoms with Crippen LogP contribution in [0.15, 0.2) is 118 Å². The van der Waals surface area contributed by atoms with E-state index in [1.807, 2.05) is 48.5 Å². The Morgan fingerprint density at radius 1 is 0.938 bits per heavy atom. The highest BCUT2D eigenvalue weighted by Crippen LogP contribution is 2.41. The lowest BCUT2D eigenvalue weighted by atomic mass is 9.83. The average molecular weight is 874 g/mol. The van der Waals surface area contributed by atoms with Gasteiger partial charge in [0.15, 0.2) is 4.80 Å². The van der Waals surface area contributed by atoms with Crippen LogP contribution in [0.2, 0.25) is 0 Å².